The lowest BCUT2D eigenvalue weighted by molar-refractivity contribution is 0.308. The zero-order chi connectivity index (χ0) is 14.4. The van der Waals surface area contributed by atoms with Crippen LogP contribution in [0.4, 0.5) is 0 Å². The van der Waals surface area contributed by atoms with Crippen molar-refractivity contribution in [2.24, 2.45) is 5.92 Å². The van der Waals surface area contributed by atoms with E-state index in [2.05, 4.69) is 29.7 Å². The highest BCUT2D eigenvalue weighted by Gasteiger charge is 2.21. The van der Waals surface area contributed by atoms with Crippen LogP contribution < -0.4 is 15.4 Å². The Balaban J connectivity index is 1.76. The Hall–Kier alpha value is -1.29. The van der Waals surface area contributed by atoms with E-state index >= 15 is 0 Å². The lowest BCUT2D eigenvalue weighted by Crippen LogP contribution is -2.45. The standard InChI is InChI=1S/C16H24N2OS/c1-12-5-3-4-6-15(12)18-16(20)17-11-13-7-9-14(19-2)10-8-13/h7-10,12,15H,3-6,11H2,1-2H3,(H2,17,18,20)/t12-,15+/m0/s1. The minimum atomic E-state index is 0.527. The zero-order valence-corrected chi connectivity index (χ0v) is 13.1. The van der Waals surface area contributed by atoms with Crippen molar-refractivity contribution >= 4 is 17.3 Å². The van der Waals surface area contributed by atoms with Gasteiger partial charge >= 0.3 is 0 Å². The lowest BCUT2D eigenvalue weighted by atomic mass is 9.86. The van der Waals surface area contributed by atoms with Gasteiger partial charge in [0, 0.05) is 12.6 Å². The maximum absolute atomic E-state index is 5.39. The van der Waals surface area contributed by atoms with Crippen molar-refractivity contribution < 1.29 is 4.74 Å². The van der Waals surface area contributed by atoms with Gasteiger partial charge in [0.05, 0.1) is 7.11 Å². The van der Waals surface area contributed by atoms with Crippen LogP contribution in [0.3, 0.4) is 0 Å². The predicted molar refractivity (Wildman–Crippen MR) is 87.0 cm³/mol. The Morgan fingerprint density at radius 2 is 1.95 bits per heavy atom. The maximum atomic E-state index is 5.39. The summed E-state index contributed by atoms with van der Waals surface area (Å²) >= 11 is 5.39. The van der Waals surface area contributed by atoms with Crippen LogP contribution in [-0.2, 0) is 6.54 Å². The van der Waals surface area contributed by atoms with Gasteiger partial charge in [-0.05, 0) is 48.7 Å². The van der Waals surface area contributed by atoms with Crippen LogP contribution in [0.1, 0.15) is 38.2 Å². The normalized spacial score (nSPS) is 22.1. The Labute approximate surface area is 127 Å². The molecule has 0 aliphatic heterocycles. The van der Waals surface area contributed by atoms with Gasteiger partial charge < -0.3 is 15.4 Å². The SMILES string of the molecule is COc1ccc(CNC(=S)N[C@@H]2CCCC[C@@H]2C)cc1. The quantitative estimate of drug-likeness (QED) is 0.835. The van der Waals surface area contributed by atoms with Gasteiger partial charge in [-0.1, -0.05) is 31.9 Å². The second-order valence-corrected chi connectivity index (χ2v) is 5.95. The van der Waals surface area contributed by atoms with Crippen LogP contribution in [0.2, 0.25) is 0 Å². The lowest BCUT2D eigenvalue weighted by Gasteiger charge is -2.30. The van der Waals surface area contributed by atoms with E-state index in [0.717, 1.165) is 17.4 Å². The molecule has 1 aliphatic rings. The van der Waals surface area contributed by atoms with Crippen LogP contribution >= 0.6 is 12.2 Å². The highest BCUT2D eigenvalue weighted by molar-refractivity contribution is 7.80. The molecule has 0 saturated heterocycles. The van der Waals surface area contributed by atoms with Gasteiger partial charge in [-0.3, -0.25) is 0 Å². The first-order chi connectivity index (χ1) is 9.69. The first kappa shape index (κ1) is 15.1. The number of hydrogen-bond acceptors (Lipinski definition) is 2. The van der Waals surface area contributed by atoms with Crippen molar-refractivity contribution in [3.63, 3.8) is 0 Å². The molecule has 2 N–H and O–H groups in total. The van der Waals surface area contributed by atoms with Gasteiger partial charge in [-0.15, -0.1) is 0 Å². The summed E-state index contributed by atoms with van der Waals surface area (Å²) in [4.78, 5) is 0. The molecule has 1 aromatic carbocycles. The first-order valence-electron chi connectivity index (χ1n) is 7.36. The molecule has 0 amide bonds. The number of thiocarbonyl (C=S) groups is 1. The third-order valence-corrected chi connectivity index (χ3v) is 4.30. The highest BCUT2D eigenvalue weighted by atomic mass is 32.1. The molecule has 0 bridgehead atoms. The van der Waals surface area contributed by atoms with Gasteiger partial charge in [0.2, 0.25) is 0 Å². The summed E-state index contributed by atoms with van der Waals surface area (Å²) in [6, 6.07) is 8.57. The van der Waals surface area contributed by atoms with Crippen molar-refractivity contribution in [1.29, 1.82) is 0 Å². The van der Waals surface area contributed by atoms with Crippen molar-refractivity contribution in [3.8, 4) is 5.75 Å². The summed E-state index contributed by atoms with van der Waals surface area (Å²) in [5, 5.41) is 7.50. The molecule has 0 unspecified atom stereocenters. The third-order valence-electron chi connectivity index (χ3n) is 4.04. The Morgan fingerprint density at radius 3 is 2.60 bits per heavy atom. The summed E-state index contributed by atoms with van der Waals surface area (Å²) < 4.78 is 5.15. The number of ether oxygens (including phenoxy) is 1. The van der Waals surface area contributed by atoms with Crippen LogP contribution in [-0.4, -0.2) is 18.3 Å². The zero-order valence-electron chi connectivity index (χ0n) is 12.3. The molecule has 4 heteroatoms. The number of hydrogen-bond donors (Lipinski definition) is 2. The molecule has 2 rings (SSSR count). The van der Waals surface area contributed by atoms with Gasteiger partial charge in [-0.25, -0.2) is 0 Å². The van der Waals surface area contributed by atoms with Crippen molar-refractivity contribution in [2.75, 3.05) is 7.11 Å². The fourth-order valence-electron chi connectivity index (χ4n) is 2.68. The molecular formula is C16H24N2OS. The molecule has 1 aliphatic carbocycles. The Morgan fingerprint density at radius 1 is 1.25 bits per heavy atom. The molecular weight excluding hydrogens is 268 g/mol. The van der Waals surface area contributed by atoms with E-state index in [1.807, 2.05) is 12.1 Å². The molecule has 0 radical (unpaired) electrons. The summed E-state index contributed by atoms with van der Waals surface area (Å²) in [7, 11) is 1.68. The molecule has 0 aromatic heterocycles. The van der Waals surface area contributed by atoms with E-state index < -0.39 is 0 Å². The number of rotatable bonds is 4. The number of methoxy groups -OCH3 is 1. The van der Waals surface area contributed by atoms with Crippen LogP contribution in [0, 0.1) is 5.92 Å². The smallest absolute Gasteiger partial charge is 0.166 e. The topological polar surface area (TPSA) is 33.3 Å². The van der Waals surface area contributed by atoms with E-state index in [4.69, 9.17) is 17.0 Å². The van der Waals surface area contributed by atoms with Crippen LogP contribution in [0.25, 0.3) is 0 Å². The molecule has 1 fully saturated rings. The molecule has 1 aromatic rings. The number of benzene rings is 1. The van der Waals surface area contributed by atoms with Gasteiger partial charge in [0.1, 0.15) is 5.75 Å². The minimum Gasteiger partial charge on any atom is -0.497 e. The Kier molecular flexibility index (Phi) is 5.65. The van der Waals surface area contributed by atoms with E-state index in [1.54, 1.807) is 7.11 Å². The monoisotopic (exact) mass is 292 g/mol. The van der Waals surface area contributed by atoms with Crippen molar-refractivity contribution in [1.82, 2.24) is 10.6 Å². The maximum Gasteiger partial charge on any atom is 0.166 e. The molecule has 1 saturated carbocycles. The number of nitrogens with one attached hydrogen (secondary N) is 2. The van der Waals surface area contributed by atoms with E-state index in [9.17, 15) is 0 Å². The largest absolute Gasteiger partial charge is 0.497 e. The molecule has 20 heavy (non-hydrogen) atoms. The van der Waals surface area contributed by atoms with E-state index in [1.165, 1.54) is 31.2 Å². The minimum absolute atomic E-state index is 0.527. The third kappa shape index (κ3) is 4.37. The second kappa shape index (κ2) is 7.48. The average molecular weight is 292 g/mol. The van der Waals surface area contributed by atoms with E-state index in [0.29, 0.717) is 12.0 Å². The van der Waals surface area contributed by atoms with Gasteiger partial charge in [0.15, 0.2) is 5.11 Å². The average Bonchev–Trinajstić information content (AvgIpc) is 2.48. The first-order valence-corrected chi connectivity index (χ1v) is 7.77. The summed E-state index contributed by atoms with van der Waals surface area (Å²) in [6.45, 7) is 3.06. The molecule has 0 heterocycles. The van der Waals surface area contributed by atoms with Crippen LogP contribution in [0.15, 0.2) is 24.3 Å². The molecule has 3 nitrogen and oxygen atoms in total. The molecule has 110 valence electrons. The second-order valence-electron chi connectivity index (χ2n) is 5.54. The van der Waals surface area contributed by atoms with E-state index in [-0.39, 0.29) is 0 Å². The Bertz CT molecular complexity index is 433. The summed E-state index contributed by atoms with van der Waals surface area (Å²) in [5.74, 6) is 1.59. The predicted octanol–water partition coefficient (Wildman–Crippen LogP) is 3.24. The molecule has 0 spiro atoms. The van der Waals surface area contributed by atoms with Crippen molar-refractivity contribution in [2.45, 2.75) is 45.2 Å². The fraction of sp³-hybridized carbons (Fsp3) is 0.562. The van der Waals surface area contributed by atoms with Gasteiger partial charge in [0.25, 0.3) is 0 Å². The van der Waals surface area contributed by atoms with Crippen molar-refractivity contribution in [3.05, 3.63) is 29.8 Å². The molecule has 2 atom stereocenters. The highest BCUT2D eigenvalue weighted by Crippen LogP contribution is 2.23. The summed E-state index contributed by atoms with van der Waals surface area (Å²) in [6.07, 6.45) is 5.19. The van der Waals surface area contributed by atoms with Crippen LogP contribution in [0.5, 0.6) is 5.75 Å². The fourth-order valence-corrected chi connectivity index (χ4v) is 2.90. The van der Waals surface area contributed by atoms with Gasteiger partial charge in [-0.2, -0.15) is 0 Å². The summed E-state index contributed by atoms with van der Waals surface area (Å²) in [5.41, 5.74) is 1.20.